The fraction of sp³-hybridized carbons (Fsp3) is 0.614. The van der Waals surface area contributed by atoms with Gasteiger partial charge in [0.15, 0.2) is 17.3 Å². The van der Waals surface area contributed by atoms with E-state index >= 15 is 0 Å². The van der Waals surface area contributed by atoms with Crippen LogP contribution in [0.3, 0.4) is 0 Å². The van der Waals surface area contributed by atoms with Crippen LogP contribution >= 0.6 is 0 Å². The SMILES string of the molecule is CCOc1ccccc1OCCN[C@H](C)Cc1ccc(OC)c(S(N)(=O)=O)c1.COC(=O)[C@@H]1CC2=CC(=O)CC[C@]2(C)[C@@]23O[C@@H]2C[C@@]2(C)[C@@H](CC[C@@]24CCC(=O)O4)[C@H]13. The van der Waals surface area contributed by atoms with Crippen LogP contribution in [0.2, 0.25) is 0 Å². The van der Waals surface area contributed by atoms with Crippen LogP contribution in [0.15, 0.2) is 59.0 Å². The van der Waals surface area contributed by atoms with E-state index in [4.69, 9.17) is 33.6 Å². The molecule has 2 aliphatic heterocycles. The Morgan fingerprint density at radius 3 is 2.41 bits per heavy atom. The summed E-state index contributed by atoms with van der Waals surface area (Å²) in [6.07, 6.45) is 8.25. The number of ether oxygens (including phenoxy) is 6. The number of para-hydroxylation sites is 2. The predicted octanol–water partition coefficient (Wildman–Crippen LogP) is 5.47. The number of primary sulfonamides is 1. The lowest BCUT2D eigenvalue weighted by Crippen LogP contribution is -2.63. The Balaban J connectivity index is 0.000000177. The second-order valence-corrected chi connectivity index (χ2v) is 18.8. The van der Waals surface area contributed by atoms with Crippen molar-refractivity contribution >= 4 is 27.7 Å². The van der Waals surface area contributed by atoms with E-state index in [1.165, 1.54) is 14.2 Å². The van der Waals surface area contributed by atoms with Crippen molar-refractivity contribution in [3.05, 3.63) is 59.7 Å². The smallest absolute Gasteiger partial charge is 0.309 e. The van der Waals surface area contributed by atoms with Gasteiger partial charge in [-0.15, -0.1) is 0 Å². The van der Waals surface area contributed by atoms with Crippen LogP contribution in [0.4, 0.5) is 0 Å². The summed E-state index contributed by atoms with van der Waals surface area (Å²) in [6.45, 7) is 10.2. The van der Waals surface area contributed by atoms with Crippen LogP contribution in [0.25, 0.3) is 0 Å². The molecule has 2 saturated heterocycles. The molecule has 14 heteroatoms. The summed E-state index contributed by atoms with van der Waals surface area (Å²) < 4.78 is 57.8. The van der Waals surface area contributed by atoms with Crippen molar-refractivity contribution in [2.45, 2.75) is 114 Å². The first-order chi connectivity index (χ1) is 27.6. The van der Waals surface area contributed by atoms with Gasteiger partial charge in [0.1, 0.15) is 28.5 Å². The number of hydrogen-bond acceptors (Lipinski definition) is 12. The van der Waals surface area contributed by atoms with Gasteiger partial charge in [-0.2, -0.15) is 0 Å². The standard InChI is InChI=1S/C24H30O6.C20H28N2O5S/c1-21-7-4-14(25)10-13(21)11-15(20(27)28-3)19-16-5-8-23(9-6-18(26)30-23)22(16,2)12-17-24(19,21)29-17;1-4-26-17-7-5-6-8-18(17)27-12-11-22-15(2)13-16-9-10-19(25-3)20(14-16)28(21,23)24/h10,15-17,19H,4-9,11-12H2,1-3H3;5-10,14-15,22H,4,11-13H2,1-3H3,(H2,21,23,24)/t15-,16+,17-,19+,21+,22+,23-,24-;15-/m11/s1. The van der Waals surface area contributed by atoms with Gasteiger partial charge < -0.3 is 33.7 Å². The molecule has 5 fully saturated rings. The number of nitrogens with one attached hydrogen (secondary N) is 1. The Labute approximate surface area is 341 Å². The second-order valence-electron chi connectivity index (χ2n) is 17.3. The Morgan fingerprint density at radius 1 is 1.02 bits per heavy atom. The summed E-state index contributed by atoms with van der Waals surface area (Å²) in [7, 11) is -0.978. The number of rotatable bonds is 12. The second kappa shape index (κ2) is 15.9. The molecular formula is C44H58N2O11S. The number of carbonyl (C=O) groups is 3. The minimum absolute atomic E-state index is 0.00411. The Bertz CT molecular complexity index is 2070. The number of hydrogen-bond donors (Lipinski definition) is 2. The van der Waals surface area contributed by atoms with E-state index in [-0.39, 0.29) is 69.1 Å². The topological polar surface area (TPSA) is 182 Å². The molecule has 8 rings (SSSR count). The summed E-state index contributed by atoms with van der Waals surface area (Å²) >= 11 is 0. The molecular weight excluding hydrogens is 765 g/mol. The van der Waals surface area contributed by atoms with Crippen LogP contribution in [-0.4, -0.2) is 83.5 Å². The minimum atomic E-state index is -3.84. The van der Waals surface area contributed by atoms with Crippen molar-refractivity contribution in [1.82, 2.24) is 5.32 Å². The summed E-state index contributed by atoms with van der Waals surface area (Å²) in [5, 5.41) is 8.63. The first-order valence-electron chi connectivity index (χ1n) is 20.5. The van der Waals surface area contributed by atoms with Gasteiger partial charge >= 0.3 is 11.9 Å². The molecule has 0 bridgehead atoms. The average Bonchev–Trinajstić information content (AvgIpc) is 3.68. The van der Waals surface area contributed by atoms with Gasteiger partial charge in [0.05, 0.1) is 32.8 Å². The minimum Gasteiger partial charge on any atom is -0.495 e. The van der Waals surface area contributed by atoms with Crippen molar-refractivity contribution in [2.75, 3.05) is 34.0 Å². The van der Waals surface area contributed by atoms with Gasteiger partial charge in [-0.25, -0.2) is 13.6 Å². The van der Waals surface area contributed by atoms with Crippen molar-refractivity contribution in [3.8, 4) is 17.2 Å². The van der Waals surface area contributed by atoms with Crippen LogP contribution in [0.1, 0.15) is 84.6 Å². The van der Waals surface area contributed by atoms with Gasteiger partial charge in [-0.1, -0.05) is 37.6 Å². The monoisotopic (exact) mass is 822 g/mol. The summed E-state index contributed by atoms with van der Waals surface area (Å²) in [5.74, 6) is 1.49. The summed E-state index contributed by atoms with van der Waals surface area (Å²) in [4.78, 5) is 37.4. The van der Waals surface area contributed by atoms with E-state index in [9.17, 15) is 22.8 Å². The van der Waals surface area contributed by atoms with Gasteiger partial charge in [0.2, 0.25) is 10.0 Å². The highest BCUT2D eigenvalue weighted by atomic mass is 32.2. The zero-order valence-corrected chi connectivity index (χ0v) is 35.3. The summed E-state index contributed by atoms with van der Waals surface area (Å²) in [5.41, 5.74) is 0.679. The van der Waals surface area contributed by atoms with E-state index in [0.29, 0.717) is 51.2 Å². The number of methoxy groups -OCH3 is 2. The third-order valence-electron chi connectivity index (χ3n) is 14.3. The number of esters is 2. The molecule has 6 aliphatic rings. The fourth-order valence-electron chi connectivity index (χ4n) is 11.5. The van der Waals surface area contributed by atoms with E-state index in [2.05, 4.69) is 19.2 Å². The predicted molar refractivity (Wildman–Crippen MR) is 214 cm³/mol. The molecule has 316 valence electrons. The van der Waals surface area contributed by atoms with Crippen molar-refractivity contribution < 1.29 is 51.2 Å². The van der Waals surface area contributed by atoms with Crippen molar-refractivity contribution in [3.63, 3.8) is 0 Å². The molecule has 2 aromatic carbocycles. The number of epoxide rings is 1. The molecule has 9 atom stereocenters. The molecule has 0 amide bonds. The summed E-state index contributed by atoms with van der Waals surface area (Å²) in [6, 6.07) is 12.7. The first kappa shape index (κ1) is 42.2. The molecule has 0 radical (unpaired) electrons. The highest BCUT2D eigenvalue weighted by Gasteiger charge is 2.83. The maximum Gasteiger partial charge on any atom is 0.309 e. The molecule has 0 aromatic heterocycles. The van der Waals surface area contributed by atoms with Gasteiger partial charge in [0, 0.05) is 42.2 Å². The molecule has 4 aliphatic carbocycles. The number of carbonyl (C=O) groups excluding carboxylic acids is 3. The Kier molecular flexibility index (Phi) is 11.5. The Morgan fingerprint density at radius 2 is 1.76 bits per heavy atom. The van der Waals surface area contributed by atoms with Crippen LogP contribution in [-0.2, 0) is 45.0 Å². The molecule has 0 unspecified atom stereocenters. The molecule has 3 saturated carbocycles. The highest BCUT2D eigenvalue weighted by Crippen LogP contribution is 2.78. The van der Waals surface area contributed by atoms with Crippen molar-refractivity contribution in [2.24, 2.45) is 33.7 Å². The number of nitrogens with two attached hydrogens (primary N) is 1. The third-order valence-corrected chi connectivity index (χ3v) is 15.2. The van der Waals surface area contributed by atoms with E-state index in [1.807, 2.05) is 44.2 Å². The largest absolute Gasteiger partial charge is 0.495 e. The van der Waals surface area contributed by atoms with Crippen LogP contribution < -0.4 is 24.7 Å². The zero-order valence-electron chi connectivity index (χ0n) is 34.5. The average molecular weight is 823 g/mol. The molecule has 2 aromatic rings. The van der Waals surface area contributed by atoms with E-state index in [1.54, 1.807) is 18.2 Å². The fourth-order valence-corrected chi connectivity index (χ4v) is 12.2. The maximum atomic E-state index is 13.0. The van der Waals surface area contributed by atoms with Crippen LogP contribution in [0.5, 0.6) is 17.2 Å². The number of ketones is 1. The van der Waals surface area contributed by atoms with E-state index in [0.717, 1.165) is 49.0 Å². The lowest BCUT2D eigenvalue weighted by atomic mass is 9.43. The zero-order chi connectivity index (χ0) is 41.7. The first-order valence-corrected chi connectivity index (χ1v) is 22.1. The molecule has 3 N–H and O–H groups in total. The third kappa shape index (κ3) is 7.21. The Hall–Kier alpha value is -3.98. The molecule has 2 heterocycles. The lowest BCUT2D eigenvalue weighted by Gasteiger charge is -2.58. The van der Waals surface area contributed by atoms with E-state index < -0.39 is 21.2 Å². The van der Waals surface area contributed by atoms with Gasteiger partial charge in [-0.3, -0.25) is 14.4 Å². The highest BCUT2D eigenvalue weighted by molar-refractivity contribution is 7.89. The lowest BCUT2D eigenvalue weighted by molar-refractivity contribution is -0.172. The quantitative estimate of drug-likeness (QED) is 0.157. The normalized spacial score (nSPS) is 33.5. The van der Waals surface area contributed by atoms with Crippen LogP contribution in [0, 0.1) is 28.6 Å². The molecule has 58 heavy (non-hydrogen) atoms. The van der Waals surface area contributed by atoms with Gasteiger partial charge in [0.25, 0.3) is 0 Å². The molecule has 13 nitrogen and oxygen atoms in total. The maximum absolute atomic E-state index is 13.0. The van der Waals surface area contributed by atoms with Gasteiger partial charge in [-0.05, 0) is 101 Å². The number of sulfonamides is 1. The van der Waals surface area contributed by atoms with Crippen molar-refractivity contribution in [1.29, 1.82) is 0 Å². The number of benzene rings is 2. The number of fused-ring (bicyclic) bond motifs is 4. The molecule has 2 spiro atoms.